The number of halogens is 4. The van der Waals surface area contributed by atoms with Gasteiger partial charge in [0.1, 0.15) is 6.10 Å². The minimum atomic E-state index is -4.35. The zero-order valence-corrected chi connectivity index (χ0v) is 13.8. The van der Waals surface area contributed by atoms with Gasteiger partial charge in [0.25, 0.3) is 0 Å². The van der Waals surface area contributed by atoms with Crippen molar-refractivity contribution in [2.45, 2.75) is 30.5 Å². The minimum absolute atomic E-state index is 0. The van der Waals surface area contributed by atoms with Gasteiger partial charge in [0.15, 0.2) is 0 Å². The predicted molar refractivity (Wildman–Crippen MR) is 85.2 cm³/mol. The van der Waals surface area contributed by atoms with Crippen LogP contribution in [0.1, 0.15) is 24.0 Å². The number of benzene rings is 1. The number of nitrogens with one attached hydrogen (secondary N) is 2. The molecule has 24 heavy (non-hydrogen) atoms. The molecule has 1 unspecified atom stereocenters. The fraction of sp³-hybridized carbons (Fsp3) is 0.562. The van der Waals surface area contributed by atoms with Crippen molar-refractivity contribution in [3.05, 3.63) is 35.4 Å². The lowest BCUT2D eigenvalue weighted by Gasteiger charge is -2.24. The van der Waals surface area contributed by atoms with Gasteiger partial charge in [0, 0.05) is 25.0 Å². The maximum atomic E-state index is 12.8. The van der Waals surface area contributed by atoms with E-state index in [0.717, 1.165) is 25.5 Å². The summed E-state index contributed by atoms with van der Waals surface area (Å²) in [5.74, 6) is -0.213. The number of carbonyl (C=O) groups is 1. The molecule has 1 amide bonds. The Balaban J connectivity index is 0.00000208. The van der Waals surface area contributed by atoms with Crippen molar-refractivity contribution >= 4 is 18.3 Å². The molecule has 1 saturated heterocycles. The molecule has 134 valence electrons. The van der Waals surface area contributed by atoms with Crippen LogP contribution in [0.5, 0.6) is 0 Å². The van der Waals surface area contributed by atoms with Crippen LogP contribution in [0.4, 0.5) is 13.2 Å². The number of ether oxygens (including phenoxy) is 1. The van der Waals surface area contributed by atoms with E-state index in [1.165, 1.54) is 12.1 Å². The molecule has 1 heterocycles. The molecule has 1 aliphatic carbocycles. The second kappa shape index (κ2) is 7.29. The molecule has 0 spiro atoms. The van der Waals surface area contributed by atoms with Crippen molar-refractivity contribution in [3.8, 4) is 0 Å². The Kier molecular flexibility index (Phi) is 5.78. The van der Waals surface area contributed by atoms with Gasteiger partial charge in [-0.05, 0) is 24.5 Å². The molecule has 2 N–H and O–H groups in total. The van der Waals surface area contributed by atoms with E-state index in [4.69, 9.17) is 4.74 Å². The number of hydrogen-bond acceptors (Lipinski definition) is 3. The molecule has 0 bridgehead atoms. The average molecular weight is 365 g/mol. The van der Waals surface area contributed by atoms with Crippen molar-refractivity contribution in [1.29, 1.82) is 0 Å². The highest BCUT2D eigenvalue weighted by Crippen LogP contribution is 2.48. The Bertz CT molecular complexity index is 585. The third-order valence-corrected chi connectivity index (χ3v) is 4.48. The second-order valence-corrected chi connectivity index (χ2v) is 6.14. The van der Waals surface area contributed by atoms with E-state index in [1.807, 2.05) is 0 Å². The highest BCUT2D eigenvalue weighted by atomic mass is 35.5. The summed E-state index contributed by atoms with van der Waals surface area (Å²) in [7, 11) is 0. The molecule has 1 saturated carbocycles. The lowest BCUT2D eigenvalue weighted by molar-refractivity contribution is -0.137. The largest absolute Gasteiger partial charge is 0.416 e. The quantitative estimate of drug-likeness (QED) is 0.861. The maximum Gasteiger partial charge on any atom is 0.416 e. The number of hydrogen-bond donors (Lipinski definition) is 2. The van der Waals surface area contributed by atoms with Crippen molar-refractivity contribution in [3.63, 3.8) is 0 Å². The molecule has 2 aliphatic rings. The van der Waals surface area contributed by atoms with Crippen molar-refractivity contribution in [2.75, 3.05) is 26.2 Å². The molecule has 0 radical (unpaired) electrons. The lowest BCUT2D eigenvalue weighted by atomic mass is 9.94. The molecular formula is C16H20ClF3N2O2. The van der Waals surface area contributed by atoms with E-state index in [1.54, 1.807) is 6.07 Å². The molecular weight excluding hydrogens is 345 g/mol. The first-order valence-corrected chi connectivity index (χ1v) is 7.69. The minimum Gasteiger partial charge on any atom is -0.366 e. The van der Waals surface area contributed by atoms with E-state index >= 15 is 0 Å². The first-order chi connectivity index (χ1) is 10.9. The smallest absolute Gasteiger partial charge is 0.366 e. The van der Waals surface area contributed by atoms with Crippen LogP contribution in [0.2, 0.25) is 0 Å². The summed E-state index contributed by atoms with van der Waals surface area (Å²) in [6.45, 7) is 2.00. The van der Waals surface area contributed by atoms with Gasteiger partial charge in [0.2, 0.25) is 5.91 Å². The summed E-state index contributed by atoms with van der Waals surface area (Å²) < 4.78 is 43.9. The standard InChI is InChI=1S/C16H19F3N2O2.ClH/c17-16(18,19)12-3-1-2-11(8-12)15(4-5-15)10-21-14(22)13-9-20-6-7-23-13;/h1-3,8,13,20H,4-7,9-10H2,(H,21,22);1H. The Labute approximate surface area is 144 Å². The second-order valence-electron chi connectivity index (χ2n) is 6.14. The molecule has 4 nitrogen and oxygen atoms in total. The van der Waals surface area contributed by atoms with Crippen molar-refractivity contribution in [2.24, 2.45) is 0 Å². The molecule has 1 aromatic rings. The number of amides is 1. The highest BCUT2D eigenvalue weighted by Gasteiger charge is 2.45. The molecule has 0 aromatic heterocycles. The molecule has 1 aromatic carbocycles. The molecule has 2 fully saturated rings. The van der Waals surface area contributed by atoms with Crippen LogP contribution in [-0.2, 0) is 21.1 Å². The first-order valence-electron chi connectivity index (χ1n) is 7.69. The van der Waals surface area contributed by atoms with Gasteiger partial charge in [-0.25, -0.2) is 0 Å². The SMILES string of the molecule is Cl.O=C(NCC1(c2cccc(C(F)(F)F)c2)CC1)C1CNCCO1. The predicted octanol–water partition coefficient (Wildman–Crippen LogP) is 2.26. The normalized spacial score (nSPS) is 22.4. The summed E-state index contributed by atoms with van der Waals surface area (Å²) in [5, 5.41) is 5.90. The Morgan fingerprint density at radius 1 is 1.38 bits per heavy atom. The van der Waals surface area contributed by atoms with Gasteiger partial charge >= 0.3 is 6.18 Å². The first kappa shape index (κ1) is 19.0. The van der Waals surface area contributed by atoms with Crippen molar-refractivity contribution < 1.29 is 22.7 Å². The Hall–Kier alpha value is -1.31. The van der Waals surface area contributed by atoms with Crippen LogP contribution in [-0.4, -0.2) is 38.3 Å². The van der Waals surface area contributed by atoms with E-state index in [9.17, 15) is 18.0 Å². The van der Waals surface area contributed by atoms with Crippen LogP contribution >= 0.6 is 12.4 Å². The highest BCUT2D eigenvalue weighted by molar-refractivity contribution is 5.85. The fourth-order valence-corrected chi connectivity index (χ4v) is 2.85. The number of carbonyl (C=O) groups excluding carboxylic acids is 1. The summed E-state index contributed by atoms with van der Waals surface area (Å²) in [5.41, 5.74) is -0.387. The summed E-state index contributed by atoms with van der Waals surface area (Å²) in [6, 6.07) is 5.39. The van der Waals surface area contributed by atoms with Crippen LogP contribution in [0, 0.1) is 0 Å². The van der Waals surface area contributed by atoms with Crippen LogP contribution < -0.4 is 10.6 Å². The van der Waals surface area contributed by atoms with Gasteiger partial charge in [0.05, 0.1) is 12.2 Å². The Morgan fingerprint density at radius 3 is 2.71 bits per heavy atom. The van der Waals surface area contributed by atoms with Crippen LogP contribution in [0.25, 0.3) is 0 Å². The number of rotatable bonds is 4. The van der Waals surface area contributed by atoms with Gasteiger partial charge in [-0.2, -0.15) is 13.2 Å². The molecule has 3 rings (SSSR count). The molecule has 1 atom stereocenters. The van der Waals surface area contributed by atoms with Gasteiger partial charge < -0.3 is 15.4 Å². The zero-order chi connectivity index (χ0) is 16.5. The third-order valence-electron chi connectivity index (χ3n) is 4.48. The van der Waals surface area contributed by atoms with E-state index < -0.39 is 17.8 Å². The summed E-state index contributed by atoms with van der Waals surface area (Å²) in [6.07, 6.45) is -3.32. The third kappa shape index (κ3) is 4.20. The summed E-state index contributed by atoms with van der Waals surface area (Å²) >= 11 is 0. The van der Waals surface area contributed by atoms with Gasteiger partial charge in [-0.3, -0.25) is 4.79 Å². The van der Waals surface area contributed by atoms with Crippen LogP contribution in [0.15, 0.2) is 24.3 Å². The number of morpholine rings is 1. The molecule has 8 heteroatoms. The maximum absolute atomic E-state index is 12.8. The van der Waals surface area contributed by atoms with Crippen molar-refractivity contribution in [1.82, 2.24) is 10.6 Å². The fourth-order valence-electron chi connectivity index (χ4n) is 2.85. The van der Waals surface area contributed by atoms with Gasteiger partial charge in [-0.15, -0.1) is 12.4 Å². The topological polar surface area (TPSA) is 50.4 Å². The van der Waals surface area contributed by atoms with Crippen LogP contribution in [0.3, 0.4) is 0 Å². The lowest BCUT2D eigenvalue weighted by Crippen LogP contribution is -2.49. The number of alkyl halides is 3. The average Bonchev–Trinajstić information content (AvgIpc) is 3.34. The van der Waals surface area contributed by atoms with E-state index in [-0.39, 0.29) is 23.7 Å². The zero-order valence-electron chi connectivity index (χ0n) is 13.0. The van der Waals surface area contributed by atoms with E-state index in [0.29, 0.717) is 25.3 Å². The monoisotopic (exact) mass is 364 g/mol. The summed E-state index contributed by atoms with van der Waals surface area (Å²) in [4.78, 5) is 12.1. The molecule has 1 aliphatic heterocycles. The van der Waals surface area contributed by atoms with Gasteiger partial charge in [-0.1, -0.05) is 18.2 Å². The Morgan fingerprint density at radius 2 is 2.12 bits per heavy atom. The van der Waals surface area contributed by atoms with E-state index in [2.05, 4.69) is 10.6 Å².